The molecule has 0 radical (unpaired) electrons. The van der Waals surface area contributed by atoms with E-state index in [1.54, 1.807) is 37.7 Å². The number of rotatable bonds is 6. The van der Waals surface area contributed by atoms with Gasteiger partial charge in [-0.3, -0.25) is 0 Å². The zero-order valence-electron chi connectivity index (χ0n) is 14.6. The van der Waals surface area contributed by atoms with Gasteiger partial charge in [-0.15, -0.1) is 0 Å². The van der Waals surface area contributed by atoms with E-state index in [0.29, 0.717) is 30.2 Å². The Balaban J connectivity index is 1.45. The van der Waals surface area contributed by atoms with Crippen LogP contribution in [0.1, 0.15) is 16.7 Å². The third-order valence-electron chi connectivity index (χ3n) is 4.23. The summed E-state index contributed by atoms with van der Waals surface area (Å²) < 4.78 is 19.5. The summed E-state index contributed by atoms with van der Waals surface area (Å²) in [5.41, 5.74) is 3.12. The lowest BCUT2D eigenvalue weighted by Crippen LogP contribution is -2.04. The van der Waals surface area contributed by atoms with Gasteiger partial charge in [0.05, 0.1) is 7.11 Å². The molecule has 2 N–H and O–H groups in total. The van der Waals surface area contributed by atoms with E-state index < -0.39 is 5.95 Å². The van der Waals surface area contributed by atoms with Crippen molar-refractivity contribution in [3.8, 4) is 5.88 Å². The molecule has 0 fully saturated rings. The minimum Gasteiger partial charge on any atom is -0.481 e. The quantitative estimate of drug-likeness (QED) is 0.511. The van der Waals surface area contributed by atoms with Crippen LogP contribution in [0.25, 0.3) is 11.0 Å². The molecule has 0 aliphatic heterocycles. The average Bonchev–Trinajstić information content (AvgIpc) is 3.11. The van der Waals surface area contributed by atoms with Crippen molar-refractivity contribution in [2.75, 3.05) is 12.4 Å². The van der Waals surface area contributed by atoms with Crippen molar-refractivity contribution in [1.82, 2.24) is 24.9 Å². The molecule has 0 unspecified atom stereocenters. The zero-order valence-corrected chi connectivity index (χ0v) is 14.6. The number of aromatic amines is 1. The molecular formula is C19H17FN6O. The number of hydrogen-bond acceptors (Lipinski definition) is 6. The maximum absolute atomic E-state index is 14.4. The van der Waals surface area contributed by atoms with Crippen molar-refractivity contribution < 1.29 is 9.13 Å². The Bertz CT molecular complexity index is 1060. The smallest absolute Gasteiger partial charge is 0.218 e. The molecule has 4 heterocycles. The van der Waals surface area contributed by atoms with Crippen molar-refractivity contribution in [3.63, 3.8) is 0 Å². The van der Waals surface area contributed by atoms with Crippen molar-refractivity contribution in [2.45, 2.75) is 13.0 Å². The number of methoxy groups -OCH3 is 1. The standard InChI is InChI=1S/C19H17FN6O/c1-27-17-5-2-12(8-23-17)7-22-16-4-3-13(18(20)26-16)6-14-9-24-19-15(14)10-21-11-25-19/h2-5,8-11H,6-7H2,1H3,(H,22,26)(H,21,24,25). The molecule has 0 spiro atoms. The summed E-state index contributed by atoms with van der Waals surface area (Å²) in [5, 5.41) is 3.98. The Morgan fingerprint density at radius 3 is 2.81 bits per heavy atom. The fourth-order valence-corrected chi connectivity index (χ4v) is 2.79. The second-order valence-corrected chi connectivity index (χ2v) is 5.98. The Labute approximate surface area is 154 Å². The number of anilines is 1. The van der Waals surface area contributed by atoms with E-state index in [9.17, 15) is 4.39 Å². The van der Waals surface area contributed by atoms with E-state index in [-0.39, 0.29) is 0 Å². The summed E-state index contributed by atoms with van der Waals surface area (Å²) in [7, 11) is 1.57. The van der Waals surface area contributed by atoms with Crippen molar-refractivity contribution >= 4 is 16.9 Å². The molecule has 0 aromatic carbocycles. The lowest BCUT2D eigenvalue weighted by atomic mass is 10.1. The van der Waals surface area contributed by atoms with Crippen molar-refractivity contribution in [1.29, 1.82) is 0 Å². The second-order valence-electron chi connectivity index (χ2n) is 5.98. The predicted octanol–water partition coefficient (Wildman–Crippen LogP) is 3.10. The third-order valence-corrected chi connectivity index (χ3v) is 4.23. The molecule has 7 nitrogen and oxygen atoms in total. The lowest BCUT2D eigenvalue weighted by Gasteiger charge is -2.08. The van der Waals surface area contributed by atoms with Gasteiger partial charge >= 0.3 is 0 Å². The highest BCUT2D eigenvalue weighted by Crippen LogP contribution is 2.20. The van der Waals surface area contributed by atoms with Crippen LogP contribution in [0, 0.1) is 5.95 Å². The predicted molar refractivity (Wildman–Crippen MR) is 99.0 cm³/mol. The van der Waals surface area contributed by atoms with Gasteiger partial charge in [-0.25, -0.2) is 19.9 Å². The molecule has 4 aromatic heterocycles. The van der Waals surface area contributed by atoms with Crippen molar-refractivity contribution in [3.05, 3.63) is 71.8 Å². The van der Waals surface area contributed by atoms with E-state index in [0.717, 1.165) is 22.2 Å². The van der Waals surface area contributed by atoms with Crippen LogP contribution in [-0.2, 0) is 13.0 Å². The number of halogens is 1. The summed E-state index contributed by atoms with van der Waals surface area (Å²) in [6.07, 6.45) is 7.13. The van der Waals surface area contributed by atoms with Crippen LogP contribution in [0.3, 0.4) is 0 Å². The van der Waals surface area contributed by atoms with Gasteiger partial charge in [0.2, 0.25) is 11.8 Å². The molecule has 4 rings (SSSR count). The summed E-state index contributed by atoms with van der Waals surface area (Å²) >= 11 is 0. The Kier molecular flexibility index (Phi) is 4.61. The minimum absolute atomic E-state index is 0.412. The molecule has 0 atom stereocenters. The summed E-state index contributed by atoms with van der Waals surface area (Å²) in [6, 6.07) is 7.17. The Hall–Kier alpha value is -3.55. The van der Waals surface area contributed by atoms with E-state index in [2.05, 4.69) is 30.2 Å². The second kappa shape index (κ2) is 7.36. The molecule has 0 amide bonds. The number of aromatic nitrogens is 5. The first-order valence-corrected chi connectivity index (χ1v) is 8.37. The molecule has 136 valence electrons. The van der Waals surface area contributed by atoms with Crippen LogP contribution in [-0.4, -0.2) is 32.0 Å². The SMILES string of the molecule is COc1ccc(CNc2ccc(Cc3c[nH]c4ncncc34)c(F)n2)cn1. The molecule has 0 bridgehead atoms. The first kappa shape index (κ1) is 16.9. The number of fused-ring (bicyclic) bond motifs is 1. The molecule has 8 heteroatoms. The molecule has 0 saturated carbocycles. The van der Waals surface area contributed by atoms with Gasteiger partial charge in [0.15, 0.2) is 0 Å². The third kappa shape index (κ3) is 3.69. The highest BCUT2D eigenvalue weighted by molar-refractivity contribution is 5.78. The Morgan fingerprint density at radius 2 is 2.04 bits per heavy atom. The number of nitrogens with zero attached hydrogens (tertiary/aromatic N) is 4. The summed E-state index contributed by atoms with van der Waals surface area (Å²) in [6.45, 7) is 0.489. The summed E-state index contributed by atoms with van der Waals surface area (Å²) in [4.78, 5) is 19.4. The Morgan fingerprint density at radius 1 is 1.11 bits per heavy atom. The topological polar surface area (TPSA) is 88.6 Å². The fraction of sp³-hybridized carbons (Fsp3) is 0.158. The minimum atomic E-state index is -0.501. The number of ether oxygens (including phenoxy) is 1. The number of hydrogen-bond donors (Lipinski definition) is 2. The zero-order chi connectivity index (χ0) is 18.6. The van der Waals surface area contributed by atoms with Crippen LogP contribution in [0.4, 0.5) is 10.2 Å². The maximum atomic E-state index is 14.4. The highest BCUT2D eigenvalue weighted by Gasteiger charge is 2.10. The van der Waals surface area contributed by atoms with Crippen LogP contribution >= 0.6 is 0 Å². The number of pyridine rings is 2. The van der Waals surface area contributed by atoms with Crippen molar-refractivity contribution in [2.24, 2.45) is 0 Å². The number of H-pyrrole nitrogens is 1. The van der Waals surface area contributed by atoms with Gasteiger partial charge in [0, 0.05) is 48.6 Å². The van der Waals surface area contributed by atoms with Gasteiger partial charge in [-0.1, -0.05) is 12.1 Å². The van der Waals surface area contributed by atoms with E-state index in [1.807, 2.05) is 12.3 Å². The number of nitrogens with one attached hydrogen (secondary N) is 2. The molecule has 27 heavy (non-hydrogen) atoms. The van der Waals surface area contributed by atoms with Gasteiger partial charge in [0.1, 0.15) is 17.8 Å². The van der Waals surface area contributed by atoms with Gasteiger partial charge in [0.25, 0.3) is 0 Å². The molecular weight excluding hydrogens is 347 g/mol. The lowest BCUT2D eigenvalue weighted by molar-refractivity contribution is 0.397. The van der Waals surface area contributed by atoms with Crippen LogP contribution in [0.2, 0.25) is 0 Å². The molecule has 0 saturated heterocycles. The van der Waals surface area contributed by atoms with Crippen LogP contribution in [0.15, 0.2) is 49.2 Å². The average molecular weight is 364 g/mol. The van der Waals surface area contributed by atoms with Crippen LogP contribution in [0.5, 0.6) is 5.88 Å². The maximum Gasteiger partial charge on any atom is 0.218 e. The van der Waals surface area contributed by atoms with E-state index in [1.165, 1.54) is 6.33 Å². The molecule has 4 aromatic rings. The fourth-order valence-electron chi connectivity index (χ4n) is 2.79. The van der Waals surface area contributed by atoms with Gasteiger partial charge in [-0.2, -0.15) is 4.39 Å². The van der Waals surface area contributed by atoms with Crippen LogP contribution < -0.4 is 10.1 Å². The van der Waals surface area contributed by atoms with Gasteiger partial charge < -0.3 is 15.0 Å². The van der Waals surface area contributed by atoms with E-state index >= 15 is 0 Å². The normalized spacial score (nSPS) is 10.9. The first-order valence-electron chi connectivity index (χ1n) is 8.37. The first-order chi connectivity index (χ1) is 13.2. The van der Waals surface area contributed by atoms with E-state index in [4.69, 9.17) is 4.74 Å². The molecule has 0 aliphatic carbocycles. The molecule has 0 aliphatic rings. The summed E-state index contributed by atoms with van der Waals surface area (Å²) in [5.74, 6) is 0.517. The largest absolute Gasteiger partial charge is 0.481 e. The highest BCUT2D eigenvalue weighted by atomic mass is 19.1. The van der Waals surface area contributed by atoms with Gasteiger partial charge in [-0.05, 0) is 17.2 Å². The monoisotopic (exact) mass is 364 g/mol.